The molecule has 0 atom stereocenters. The van der Waals surface area contributed by atoms with Gasteiger partial charge in [-0.05, 0) is 19.1 Å². The van der Waals surface area contributed by atoms with Gasteiger partial charge in [0.05, 0.1) is 5.69 Å². The summed E-state index contributed by atoms with van der Waals surface area (Å²) in [6.45, 7) is 1.77. The molecule has 0 unspecified atom stereocenters. The number of thiazole rings is 1. The molecular weight excluding hydrogens is 236 g/mol. The van der Waals surface area contributed by atoms with Gasteiger partial charge in [-0.1, -0.05) is 17.4 Å². The number of hydrogen-bond donors (Lipinski definition) is 1. The van der Waals surface area contributed by atoms with Crippen molar-refractivity contribution in [3.63, 3.8) is 0 Å². The van der Waals surface area contributed by atoms with Crippen molar-refractivity contribution >= 4 is 28.2 Å². The first-order valence-electron chi connectivity index (χ1n) is 5.01. The number of nitrogen functional groups attached to an aromatic ring is 1. The first-order chi connectivity index (χ1) is 8.09. The normalized spacial score (nSPS) is 10.2. The second-order valence-corrected chi connectivity index (χ2v) is 4.55. The van der Waals surface area contributed by atoms with Crippen molar-refractivity contribution in [3.05, 3.63) is 35.0 Å². The van der Waals surface area contributed by atoms with Gasteiger partial charge < -0.3 is 5.73 Å². The Morgan fingerprint density at radius 3 is 2.76 bits per heavy atom. The molecule has 88 valence electrons. The van der Waals surface area contributed by atoms with Crippen molar-refractivity contribution in [2.45, 2.75) is 6.92 Å². The van der Waals surface area contributed by atoms with Crippen LogP contribution in [0.25, 0.3) is 0 Å². The molecule has 5 nitrogen and oxygen atoms in total. The zero-order valence-corrected chi connectivity index (χ0v) is 10.4. The van der Waals surface area contributed by atoms with Crippen molar-refractivity contribution < 1.29 is 4.79 Å². The molecule has 0 aliphatic carbocycles. The maximum absolute atomic E-state index is 12.2. The van der Waals surface area contributed by atoms with E-state index in [2.05, 4.69) is 9.97 Å². The lowest BCUT2D eigenvalue weighted by atomic mass is 10.3. The topological polar surface area (TPSA) is 72.1 Å². The summed E-state index contributed by atoms with van der Waals surface area (Å²) in [5, 5.41) is 0.403. The average Bonchev–Trinajstić information content (AvgIpc) is 2.68. The molecule has 2 N–H and O–H groups in total. The SMILES string of the molecule is Cc1nc(N)sc1C(=O)N(C)c1ccccn1. The van der Waals surface area contributed by atoms with Crippen molar-refractivity contribution in [2.24, 2.45) is 0 Å². The van der Waals surface area contributed by atoms with Crippen molar-refractivity contribution in [1.29, 1.82) is 0 Å². The van der Waals surface area contributed by atoms with E-state index in [1.54, 1.807) is 32.3 Å². The first-order valence-corrected chi connectivity index (χ1v) is 5.83. The molecule has 2 aromatic heterocycles. The quantitative estimate of drug-likeness (QED) is 0.878. The van der Waals surface area contributed by atoms with Crippen LogP contribution < -0.4 is 10.6 Å². The average molecular weight is 248 g/mol. The van der Waals surface area contributed by atoms with Crippen LogP contribution >= 0.6 is 11.3 Å². The fraction of sp³-hybridized carbons (Fsp3) is 0.182. The van der Waals surface area contributed by atoms with Gasteiger partial charge in [0.15, 0.2) is 5.13 Å². The Labute approximate surface area is 103 Å². The predicted octanol–water partition coefficient (Wildman–Crippen LogP) is 1.71. The van der Waals surface area contributed by atoms with E-state index in [0.717, 1.165) is 0 Å². The largest absolute Gasteiger partial charge is 0.375 e. The van der Waals surface area contributed by atoms with Gasteiger partial charge in [-0.25, -0.2) is 9.97 Å². The standard InChI is InChI=1S/C11H12N4OS/c1-7-9(17-11(12)14-7)10(16)15(2)8-5-3-4-6-13-8/h3-6H,1-2H3,(H2,12,14). The summed E-state index contributed by atoms with van der Waals surface area (Å²) in [6, 6.07) is 5.41. The highest BCUT2D eigenvalue weighted by Gasteiger charge is 2.19. The Balaban J connectivity index is 2.30. The molecule has 0 saturated heterocycles. The van der Waals surface area contributed by atoms with Crippen LogP contribution in [-0.4, -0.2) is 22.9 Å². The van der Waals surface area contributed by atoms with E-state index in [4.69, 9.17) is 5.73 Å². The summed E-state index contributed by atoms with van der Waals surface area (Å²) in [5.74, 6) is 0.458. The number of aromatic nitrogens is 2. The van der Waals surface area contributed by atoms with Crippen molar-refractivity contribution in [1.82, 2.24) is 9.97 Å². The summed E-state index contributed by atoms with van der Waals surface area (Å²) in [5.41, 5.74) is 6.23. The van der Waals surface area contributed by atoms with Gasteiger partial charge in [0.2, 0.25) is 0 Å². The van der Waals surface area contributed by atoms with Crippen molar-refractivity contribution in [2.75, 3.05) is 17.7 Å². The van der Waals surface area contributed by atoms with E-state index >= 15 is 0 Å². The zero-order valence-electron chi connectivity index (χ0n) is 9.54. The monoisotopic (exact) mass is 248 g/mol. The molecular formula is C11H12N4OS. The molecule has 0 bridgehead atoms. The number of carbonyl (C=O) groups is 1. The minimum Gasteiger partial charge on any atom is -0.375 e. The van der Waals surface area contributed by atoms with Gasteiger partial charge >= 0.3 is 0 Å². The van der Waals surface area contributed by atoms with E-state index in [9.17, 15) is 4.79 Å². The fourth-order valence-corrected chi connectivity index (χ4v) is 2.23. The second kappa shape index (κ2) is 4.50. The van der Waals surface area contributed by atoms with E-state index in [0.29, 0.717) is 21.5 Å². The highest BCUT2D eigenvalue weighted by atomic mass is 32.1. The van der Waals surface area contributed by atoms with E-state index in [-0.39, 0.29) is 5.91 Å². The van der Waals surface area contributed by atoms with Gasteiger partial charge in [-0.15, -0.1) is 0 Å². The number of nitrogens with two attached hydrogens (primary N) is 1. The third kappa shape index (κ3) is 2.26. The lowest BCUT2D eigenvalue weighted by molar-refractivity contribution is 0.0995. The molecule has 6 heteroatoms. The van der Waals surface area contributed by atoms with Crippen LogP contribution in [0, 0.1) is 6.92 Å². The Bertz CT molecular complexity index is 538. The van der Waals surface area contributed by atoms with E-state index in [1.807, 2.05) is 6.07 Å². The highest BCUT2D eigenvalue weighted by molar-refractivity contribution is 7.17. The van der Waals surface area contributed by atoms with Crippen LogP contribution in [0.15, 0.2) is 24.4 Å². The number of amides is 1. The minimum absolute atomic E-state index is 0.143. The lowest BCUT2D eigenvalue weighted by Gasteiger charge is -2.14. The van der Waals surface area contributed by atoms with Crippen LogP contribution in [-0.2, 0) is 0 Å². The Morgan fingerprint density at radius 2 is 2.24 bits per heavy atom. The van der Waals surface area contributed by atoms with E-state index in [1.165, 1.54) is 16.2 Å². The van der Waals surface area contributed by atoms with Crippen LogP contribution in [0.5, 0.6) is 0 Å². The fourth-order valence-electron chi connectivity index (χ4n) is 1.42. The summed E-state index contributed by atoms with van der Waals surface area (Å²) in [7, 11) is 1.68. The molecule has 0 aliphatic heterocycles. The molecule has 17 heavy (non-hydrogen) atoms. The van der Waals surface area contributed by atoms with Gasteiger partial charge in [0.25, 0.3) is 5.91 Å². The number of rotatable bonds is 2. The number of hydrogen-bond acceptors (Lipinski definition) is 5. The zero-order chi connectivity index (χ0) is 12.4. The third-order valence-electron chi connectivity index (χ3n) is 2.30. The second-order valence-electron chi connectivity index (χ2n) is 3.52. The number of aryl methyl sites for hydroxylation is 1. The summed E-state index contributed by atoms with van der Waals surface area (Å²) >= 11 is 1.19. The van der Waals surface area contributed by atoms with Gasteiger partial charge in [0.1, 0.15) is 10.7 Å². The molecule has 2 heterocycles. The number of pyridine rings is 1. The molecule has 1 amide bonds. The van der Waals surface area contributed by atoms with Gasteiger partial charge in [0, 0.05) is 13.2 Å². The van der Waals surface area contributed by atoms with E-state index < -0.39 is 0 Å². The summed E-state index contributed by atoms with van der Waals surface area (Å²) in [4.78, 5) is 22.4. The molecule has 0 spiro atoms. The maximum Gasteiger partial charge on any atom is 0.271 e. The summed E-state index contributed by atoms with van der Waals surface area (Å²) in [6.07, 6.45) is 1.65. The molecule has 0 aliphatic rings. The molecule has 0 radical (unpaired) electrons. The number of carbonyl (C=O) groups excluding carboxylic acids is 1. The molecule has 0 saturated carbocycles. The van der Waals surface area contributed by atoms with Crippen LogP contribution in [0.4, 0.5) is 10.9 Å². The molecule has 2 rings (SSSR count). The maximum atomic E-state index is 12.2. The van der Waals surface area contributed by atoms with Gasteiger partial charge in [-0.3, -0.25) is 9.69 Å². The third-order valence-corrected chi connectivity index (χ3v) is 3.28. The van der Waals surface area contributed by atoms with Gasteiger partial charge in [-0.2, -0.15) is 0 Å². The molecule has 2 aromatic rings. The minimum atomic E-state index is -0.143. The highest BCUT2D eigenvalue weighted by Crippen LogP contribution is 2.22. The number of anilines is 2. The Kier molecular flexibility index (Phi) is 3.06. The number of nitrogens with zero attached hydrogens (tertiary/aromatic N) is 3. The Morgan fingerprint density at radius 1 is 1.47 bits per heavy atom. The van der Waals surface area contributed by atoms with Crippen LogP contribution in [0.1, 0.15) is 15.4 Å². The molecule has 0 fully saturated rings. The predicted molar refractivity (Wildman–Crippen MR) is 68.2 cm³/mol. The lowest BCUT2D eigenvalue weighted by Crippen LogP contribution is -2.26. The molecule has 0 aromatic carbocycles. The first kappa shape index (κ1) is 11.5. The smallest absolute Gasteiger partial charge is 0.271 e. The van der Waals surface area contributed by atoms with Crippen LogP contribution in [0.3, 0.4) is 0 Å². The Hall–Kier alpha value is -1.95. The summed E-state index contributed by atoms with van der Waals surface area (Å²) < 4.78 is 0. The van der Waals surface area contributed by atoms with Crippen molar-refractivity contribution in [3.8, 4) is 0 Å². The van der Waals surface area contributed by atoms with Crippen LogP contribution in [0.2, 0.25) is 0 Å².